The van der Waals surface area contributed by atoms with E-state index >= 15 is 0 Å². The van der Waals surface area contributed by atoms with Gasteiger partial charge in [-0.2, -0.15) is 0 Å². The predicted molar refractivity (Wildman–Crippen MR) is 84.0 cm³/mol. The monoisotopic (exact) mass is 371 g/mol. The van der Waals surface area contributed by atoms with Gasteiger partial charge in [-0.15, -0.1) is 5.10 Å². The third kappa shape index (κ3) is 3.65. The van der Waals surface area contributed by atoms with E-state index in [1.54, 1.807) is 0 Å². The number of halogens is 1. The van der Waals surface area contributed by atoms with Gasteiger partial charge in [-0.25, -0.2) is 9.67 Å². The molecule has 0 amide bonds. The maximum absolute atomic E-state index is 4.47. The molecule has 0 aliphatic rings. The Kier molecular flexibility index (Phi) is 4.07. The quantitative estimate of drug-likeness (QED) is 0.843. The van der Waals surface area contributed by atoms with Gasteiger partial charge in [0.05, 0.1) is 24.0 Å². The highest BCUT2D eigenvalue weighted by Crippen LogP contribution is 2.14. The number of pyridine rings is 1. The van der Waals surface area contributed by atoms with Crippen LogP contribution >= 0.6 is 22.6 Å². The van der Waals surface area contributed by atoms with Crippen molar-refractivity contribution in [3.8, 4) is 0 Å². The van der Waals surface area contributed by atoms with Gasteiger partial charge in [0.2, 0.25) is 0 Å². The van der Waals surface area contributed by atoms with Crippen molar-refractivity contribution in [2.24, 2.45) is 0 Å². The van der Waals surface area contributed by atoms with Crippen molar-refractivity contribution in [1.82, 2.24) is 20.0 Å². The number of nitrogens with one attached hydrogen (secondary N) is 1. The zero-order valence-electron chi connectivity index (χ0n) is 11.6. The van der Waals surface area contributed by atoms with Gasteiger partial charge in [0.15, 0.2) is 0 Å². The Hall–Kier alpha value is -1.18. The molecule has 0 bridgehead atoms. The molecule has 0 saturated carbocycles. The average Bonchev–Trinajstić information content (AvgIpc) is 2.79. The van der Waals surface area contributed by atoms with Gasteiger partial charge >= 0.3 is 0 Å². The first-order chi connectivity index (χ1) is 8.86. The Morgan fingerprint density at radius 1 is 1.32 bits per heavy atom. The Labute approximate surface area is 127 Å². The fourth-order valence-corrected chi connectivity index (χ4v) is 1.83. The van der Waals surface area contributed by atoms with Gasteiger partial charge in [0.1, 0.15) is 11.5 Å². The molecule has 2 heterocycles. The molecule has 2 aromatic heterocycles. The van der Waals surface area contributed by atoms with Crippen molar-refractivity contribution in [3.63, 3.8) is 0 Å². The van der Waals surface area contributed by atoms with Crippen LogP contribution in [0.1, 0.15) is 32.2 Å². The molecule has 0 aliphatic carbocycles. The maximum Gasteiger partial charge on any atom is 0.126 e. The molecule has 0 aliphatic heterocycles. The number of rotatable bonds is 3. The Bertz CT molecular complexity index is 571. The second-order valence-electron chi connectivity index (χ2n) is 5.44. The summed E-state index contributed by atoms with van der Waals surface area (Å²) in [5, 5.41) is 11.6. The summed E-state index contributed by atoms with van der Waals surface area (Å²) in [7, 11) is 0. The summed E-state index contributed by atoms with van der Waals surface area (Å²) in [5.41, 5.74) is 1.90. The van der Waals surface area contributed by atoms with Gasteiger partial charge in [-0.05, 0) is 62.4 Å². The van der Waals surface area contributed by atoms with E-state index in [4.69, 9.17) is 0 Å². The lowest BCUT2D eigenvalue weighted by molar-refractivity contribution is 0.347. The number of anilines is 1. The molecule has 0 saturated heterocycles. The first-order valence-corrected chi connectivity index (χ1v) is 7.23. The minimum atomic E-state index is -0.0387. The highest BCUT2D eigenvalue weighted by Gasteiger charge is 2.14. The Balaban J connectivity index is 2.02. The zero-order chi connectivity index (χ0) is 14.0. The largest absolute Gasteiger partial charge is 0.364 e. The third-order valence-corrected chi connectivity index (χ3v) is 3.84. The summed E-state index contributed by atoms with van der Waals surface area (Å²) in [6.07, 6.45) is 1.96. The summed E-state index contributed by atoms with van der Waals surface area (Å²) >= 11 is 2.28. The Morgan fingerprint density at radius 3 is 2.63 bits per heavy atom. The summed E-state index contributed by atoms with van der Waals surface area (Å²) in [4.78, 5) is 4.47. The van der Waals surface area contributed by atoms with E-state index < -0.39 is 0 Å². The van der Waals surface area contributed by atoms with Gasteiger partial charge < -0.3 is 5.32 Å². The molecule has 5 nitrogen and oxygen atoms in total. The Morgan fingerprint density at radius 2 is 2.05 bits per heavy atom. The first-order valence-electron chi connectivity index (χ1n) is 6.15. The molecule has 0 atom stereocenters. The predicted octanol–water partition coefficient (Wildman–Crippen LogP) is 2.95. The number of aryl methyl sites for hydroxylation is 1. The van der Waals surface area contributed by atoms with Crippen LogP contribution in [0.5, 0.6) is 0 Å². The van der Waals surface area contributed by atoms with E-state index in [0.717, 1.165) is 17.2 Å². The van der Waals surface area contributed by atoms with Gasteiger partial charge in [0.25, 0.3) is 0 Å². The van der Waals surface area contributed by atoms with E-state index in [1.807, 2.05) is 23.9 Å². The molecule has 6 heteroatoms. The fraction of sp³-hybridized carbons (Fsp3) is 0.462. The van der Waals surface area contributed by atoms with E-state index in [-0.39, 0.29) is 5.54 Å². The molecular formula is C13H18IN5. The summed E-state index contributed by atoms with van der Waals surface area (Å²) in [6, 6.07) is 4.03. The van der Waals surface area contributed by atoms with Crippen LogP contribution in [0, 0.1) is 10.5 Å². The number of nitrogens with zero attached hydrogens (tertiary/aromatic N) is 4. The van der Waals surface area contributed by atoms with Gasteiger partial charge in [-0.3, -0.25) is 0 Å². The molecule has 1 N–H and O–H groups in total. The normalized spacial score (nSPS) is 11.6. The number of aromatic nitrogens is 4. The van der Waals surface area contributed by atoms with Crippen molar-refractivity contribution in [2.75, 3.05) is 5.32 Å². The molecule has 0 spiro atoms. The highest BCUT2D eigenvalue weighted by atomic mass is 127. The van der Waals surface area contributed by atoms with Crippen LogP contribution < -0.4 is 5.32 Å². The molecular weight excluding hydrogens is 353 g/mol. The lowest BCUT2D eigenvalue weighted by Gasteiger charge is -2.17. The summed E-state index contributed by atoms with van der Waals surface area (Å²) in [6.45, 7) is 8.93. The minimum Gasteiger partial charge on any atom is -0.364 e. The molecule has 0 fully saturated rings. The minimum absolute atomic E-state index is 0.0387. The van der Waals surface area contributed by atoms with Crippen LogP contribution in [-0.4, -0.2) is 20.0 Å². The van der Waals surface area contributed by atoms with E-state index in [0.29, 0.717) is 6.54 Å². The van der Waals surface area contributed by atoms with Crippen LogP contribution in [0.2, 0.25) is 0 Å². The van der Waals surface area contributed by atoms with Crippen LogP contribution in [0.4, 0.5) is 5.82 Å². The van der Waals surface area contributed by atoms with E-state index in [2.05, 4.69) is 70.0 Å². The third-order valence-electron chi connectivity index (χ3n) is 2.70. The van der Waals surface area contributed by atoms with Gasteiger partial charge in [0, 0.05) is 3.57 Å². The van der Waals surface area contributed by atoms with Crippen molar-refractivity contribution >= 4 is 28.4 Å². The zero-order valence-corrected chi connectivity index (χ0v) is 13.8. The first kappa shape index (κ1) is 14.2. The fourth-order valence-electron chi connectivity index (χ4n) is 1.53. The van der Waals surface area contributed by atoms with Crippen molar-refractivity contribution < 1.29 is 0 Å². The van der Waals surface area contributed by atoms with Crippen molar-refractivity contribution in [2.45, 2.75) is 39.8 Å². The topological polar surface area (TPSA) is 55.6 Å². The van der Waals surface area contributed by atoms with Crippen LogP contribution in [0.3, 0.4) is 0 Å². The van der Waals surface area contributed by atoms with Crippen molar-refractivity contribution in [3.05, 3.63) is 33.3 Å². The van der Waals surface area contributed by atoms with Crippen LogP contribution in [0.25, 0.3) is 0 Å². The molecule has 102 valence electrons. The second-order valence-corrected chi connectivity index (χ2v) is 6.60. The van der Waals surface area contributed by atoms with Crippen LogP contribution in [0.15, 0.2) is 18.3 Å². The lowest BCUT2D eigenvalue weighted by Crippen LogP contribution is -2.22. The second kappa shape index (κ2) is 5.44. The standard InChI is InChI=1S/C13H18IN5/c1-9-11(14)5-6-12(16-9)15-7-10-8-19(18-17-10)13(2,3)4/h5-6,8H,7H2,1-4H3,(H,15,16). The lowest BCUT2D eigenvalue weighted by atomic mass is 10.1. The molecule has 0 unspecified atom stereocenters. The molecule has 0 aromatic carbocycles. The number of hydrogen-bond acceptors (Lipinski definition) is 4. The molecule has 19 heavy (non-hydrogen) atoms. The van der Waals surface area contributed by atoms with E-state index in [1.165, 1.54) is 3.57 Å². The maximum atomic E-state index is 4.47. The summed E-state index contributed by atoms with van der Waals surface area (Å²) < 4.78 is 3.04. The molecule has 0 radical (unpaired) electrons. The van der Waals surface area contributed by atoms with Gasteiger partial charge in [-0.1, -0.05) is 5.21 Å². The molecule has 2 rings (SSSR count). The van der Waals surface area contributed by atoms with E-state index in [9.17, 15) is 0 Å². The number of hydrogen-bond donors (Lipinski definition) is 1. The SMILES string of the molecule is Cc1nc(NCc2cn(C(C)(C)C)nn2)ccc1I. The average molecular weight is 371 g/mol. The molecule has 2 aromatic rings. The van der Waals surface area contributed by atoms with Crippen LogP contribution in [-0.2, 0) is 12.1 Å². The van der Waals surface area contributed by atoms with Crippen molar-refractivity contribution in [1.29, 1.82) is 0 Å². The smallest absolute Gasteiger partial charge is 0.126 e. The summed E-state index contributed by atoms with van der Waals surface area (Å²) in [5.74, 6) is 0.864. The highest BCUT2D eigenvalue weighted by molar-refractivity contribution is 14.1.